The van der Waals surface area contributed by atoms with Crippen LogP contribution in [-0.2, 0) is 20.0 Å². The third-order valence-corrected chi connectivity index (χ3v) is 3.73. The van der Waals surface area contributed by atoms with Gasteiger partial charge in [-0.1, -0.05) is 0 Å². The second kappa shape index (κ2) is 5.47. The van der Waals surface area contributed by atoms with Gasteiger partial charge >= 0.3 is 0 Å². The quantitative estimate of drug-likeness (QED) is 0.882. The molecule has 0 amide bonds. The minimum atomic E-state index is 0.482. The molecule has 0 radical (unpaired) electrons. The smallest absolute Gasteiger partial charge is 0.0762 e. The van der Waals surface area contributed by atoms with E-state index < -0.39 is 0 Å². The molecule has 1 N–H and O–H groups in total. The average molecular weight is 249 g/mol. The summed E-state index contributed by atoms with van der Waals surface area (Å²) in [5, 5.41) is 7.85. The van der Waals surface area contributed by atoms with Gasteiger partial charge in [-0.15, -0.1) is 11.3 Å². The highest BCUT2D eigenvalue weighted by molar-refractivity contribution is 7.11. The van der Waals surface area contributed by atoms with E-state index in [-0.39, 0.29) is 0 Å². The van der Waals surface area contributed by atoms with Crippen molar-refractivity contribution in [2.45, 2.75) is 32.9 Å². The Morgan fingerprint density at radius 1 is 1.41 bits per heavy atom. The van der Waals surface area contributed by atoms with E-state index in [0.29, 0.717) is 6.04 Å². The summed E-state index contributed by atoms with van der Waals surface area (Å²) < 4.78 is 1.84. The van der Waals surface area contributed by atoms with Gasteiger partial charge in [0.1, 0.15) is 0 Å². The molecule has 2 aromatic heterocycles. The number of hydrogen-bond acceptors (Lipinski definition) is 3. The largest absolute Gasteiger partial charge is 0.308 e. The molecule has 2 aromatic rings. The lowest BCUT2D eigenvalue weighted by atomic mass is 10.2. The number of aromatic nitrogens is 2. The second-order valence-electron chi connectivity index (χ2n) is 4.48. The van der Waals surface area contributed by atoms with Gasteiger partial charge in [-0.05, 0) is 38.5 Å². The molecule has 0 aliphatic carbocycles. The first-order valence-corrected chi connectivity index (χ1v) is 6.72. The molecule has 0 saturated heterocycles. The van der Waals surface area contributed by atoms with Crippen LogP contribution >= 0.6 is 11.3 Å². The SMILES string of the molecule is Cc1ccc(CC(C)NCc2ccn(C)n2)s1. The van der Waals surface area contributed by atoms with Crippen LogP contribution in [0.5, 0.6) is 0 Å². The highest BCUT2D eigenvalue weighted by Crippen LogP contribution is 2.16. The maximum absolute atomic E-state index is 4.35. The molecule has 3 nitrogen and oxygen atoms in total. The summed E-state index contributed by atoms with van der Waals surface area (Å²) >= 11 is 1.88. The summed E-state index contributed by atoms with van der Waals surface area (Å²) in [7, 11) is 1.95. The van der Waals surface area contributed by atoms with Crippen LogP contribution in [0.15, 0.2) is 24.4 Å². The zero-order valence-electron chi connectivity index (χ0n) is 10.6. The van der Waals surface area contributed by atoms with Gasteiger partial charge in [0.2, 0.25) is 0 Å². The zero-order chi connectivity index (χ0) is 12.3. The van der Waals surface area contributed by atoms with Crippen molar-refractivity contribution in [3.8, 4) is 0 Å². The molecule has 0 fully saturated rings. The fourth-order valence-electron chi connectivity index (χ4n) is 1.81. The summed E-state index contributed by atoms with van der Waals surface area (Å²) in [4.78, 5) is 2.83. The van der Waals surface area contributed by atoms with Crippen LogP contribution in [0.3, 0.4) is 0 Å². The molecule has 4 heteroatoms. The van der Waals surface area contributed by atoms with Crippen LogP contribution in [0.4, 0.5) is 0 Å². The number of rotatable bonds is 5. The lowest BCUT2D eigenvalue weighted by Gasteiger charge is -2.11. The van der Waals surface area contributed by atoms with Crippen LogP contribution in [0.2, 0.25) is 0 Å². The van der Waals surface area contributed by atoms with Gasteiger partial charge in [0, 0.05) is 35.6 Å². The van der Waals surface area contributed by atoms with Crippen molar-refractivity contribution in [3.63, 3.8) is 0 Å². The molecular weight excluding hydrogens is 230 g/mol. The minimum Gasteiger partial charge on any atom is -0.308 e. The fraction of sp³-hybridized carbons (Fsp3) is 0.462. The Morgan fingerprint density at radius 3 is 2.82 bits per heavy atom. The molecule has 0 saturated carbocycles. The highest BCUT2D eigenvalue weighted by Gasteiger charge is 2.05. The van der Waals surface area contributed by atoms with Gasteiger partial charge in [0.25, 0.3) is 0 Å². The molecule has 2 rings (SSSR count). The average Bonchev–Trinajstić information content (AvgIpc) is 2.85. The summed E-state index contributed by atoms with van der Waals surface area (Å²) in [5.74, 6) is 0. The lowest BCUT2D eigenvalue weighted by molar-refractivity contribution is 0.539. The number of hydrogen-bond donors (Lipinski definition) is 1. The monoisotopic (exact) mass is 249 g/mol. The summed E-state index contributed by atoms with van der Waals surface area (Å²) in [6, 6.07) is 6.94. The predicted molar refractivity (Wildman–Crippen MR) is 72.3 cm³/mol. The van der Waals surface area contributed by atoms with Gasteiger partial charge in [0.05, 0.1) is 5.69 Å². The van der Waals surface area contributed by atoms with E-state index in [1.807, 2.05) is 29.3 Å². The normalized spacial score (nSPS) is 12.9. The molecule has 92 valence electrons. The molecule has 0 aliphatic heterocycles. The molecule has 0 aromatic carbocycles. The molecular formula is C13H19N3S. The van der Waals surface area contributed by atoms with Crippen molar-refractivity contribution in [2.75, 3.05) is 0 Å². The Hall–Kier alpha value is -1.13. The highest BCUT2D eigenvalue weighted by atomic mass is 32.1. The van der Waals surface area contributed by atoms with E-state index >= 15 is 0 Å². The van der Waals surface area contributed by atoms with Crippen molar-refractivity contribution < 1.29 is 0 Å². The maximum Gasteiger partial charge on any atom is 0.0762 e. The summed E-state index contributed by atoms with van der Waals surface area (Å²) in [6.07, 6.45) is 3.07. The van der Waals surface area contributed by atoms with Crippen LogP contribution in [-0.4, -0.2) is 15.8 Å². The number of thiophene rings is 1. The van der Waals surface area contributed by atoms with Crippen molar-refractivity contribution >= 4 is 11.3 Å². The van der Waals surface area contributed by atoms with Crippen LogP contribution in [0, 0.1) is 6.92 Å². The molecule has 0 bridgehead atoms. The fourth-order valence-corrected chi connectivity index (χ4v) is 2.82. The molecule has 0 spiro atoms. The molecule has 1 unspecified atom stereocenters. The van der Waals surface area contributed by atoms with Gasteiger partial charge in [-0.25, -0.2) is 0 Å². The van der Waals surface area contributed by atoms with Crippen molar-refractivity contribution in [1.82, 2.24) is 15.1 Å². The van der Waals surface area contributed by atoms with E-state index in [4.69, 9.17) is 0 Å². The molecule has 1 atom stereocenters. The molecule has 17 heavy (non-hydrogen) atoms. The van der Waals surface area contributed by atoms with E-state index in [2.05, 4.69) is 42.5 Å². The van der Waals surface area contributed by atoms with Crippen molar-refractivity contribution in [1.29, 1.82) is 0 Å². The van der Waals surface area contributed by atoms with Gasteiger partial charge in [-0.2, -0.15) is 5.10 Å². The van der Waals surface area contributed by atoms with Gasteiger partial charge < -0.3 is 5.32 Å². The Morgan fingerprint density at radius 2 is 2.24 bits per heavy atom. The van der Waals surface area contributed by atoms with Crippen molar-refractivity contribution in [2.24, 2.45) is 7.05 Å². The second-order valence-corrected chi connectivity index (χ2v) is 5.85. The van der Waals surface area contributed by atoms with Crippen LogP contribution in [0.1, 0.15) is 22.4 Å². The number of nitrogens with zero attached hydrogens (tertiary/aromatic N) is 2. The Bertz CT molecular complexity index is 472. The van der Waals surface area contributed by atoms with E-state index in [9.17, 15) is 0 Å². The first kappa shape index (κ1) is 12.3. The minimum absolute atomic E-state index is 0.482. The van der Waals surface area contributed by atoms with Gasteiger partial charge in [0.15, 0.2) is 0 Å². The van der Waals surface area contributed by atoms with E-state index in [1.54, 1.807) is 0 Å². The first-order chi connectivity index (χ1) is 8.13. The lowest BCUT2D eigenvalue weighted by Crippen LogP contribution is -2.27. The topological polar surface area (TPSA) is 29.9 Å². The zero-order valence-corrected chi connectivity index (χ0v) is 11.4. The Labute approximate surface area is 106 Å². The summed E-state index contributed by atoms with van der Waals surface area (Å²) in [5.41, 5.74) is 1.10. The Kier molecular flexibility index (Phi) is 3.97. The summed E-state index contributed by atoms with van der Waals surface area (Å²) in [6.45, 7) is 5.21. The maximum atomic E-state index is 4.35. The van der Waals surface area contributed by atoms with Crippen LogP contribution < -0.4 is 5.32 Å². The first-order valence-electron chi connectivity index (χ1n) is 5.90. The third-order valence-electron chi connectivity index (χ3n) is 2.70. The van der Waals surface area contributed by atoms with E-state index in [0.717, 1.165) is 18.7 Å². The number of nitrogens with one attached hydrogen (secondary N) is 1. The van der Waals surface area contributed by atoms with Crippen molar-refractivity contribution in [3.05, 3.63) is 39.8 Å². The number of aryl methyl sites for hydroxylation is 2. The van der Waals surface area contributed by atoms with Gasteiger partial charge in [-0.3, -0.25) is 4.68 Å². The predicted octanol–water partition coefficient (Wildman–Crippen LogP) is 2.51. The molecule has 2 heterocycles. The standard InChI is InChI=1S/C13H19N3S/c1-10(8-13-5-4-11(2)17-13)14-9-12-6-7-16(3)15-12/h4-7,10,14H,8-9H2,1-3H3. The molecule has 0 aliphatic rings. The third kappa shape index (κ3) is 3.68. The van der Waals surface area contributed by atoms with E-state index in [1.165, 1.54) is 9.75 Å². The van der Waals surface area contributed by atoms with Crippen LogP contribution in [0.25, 0.3) is 0 Å². The Balaban J connectivity index is 1.79.